The topological polar surface area (TPSA) is 46.5 Å². The van der Waals surface area contributed by atoms with Crippen molar-refractivity contribution in [3.8, 4) is 5.75 Å². The van der Waals surface area contributed by atoms with Crippen molar-refractivity contribution >= 4 is 5.97 Å². The third-order valence-electron chi connectivity index (χ3n) is 4.52. The molecule has 3 atom stereocenters. The largest absolute Gasteiger partial charge is 0.497 e. The number of carbonyl (C=O) groups is 1. The molecule has 3 heteroatoms. The molecule has 0 saturated heterocycles. The van der Waals surface area contributed by atoms with E-state index in [-0.39, 0.29) is 5.92 Å². The van der Waals surface area contributed by atoms with Gasteiger partial charge in [-0.25, -0.2) is 0 Å². The van der Waals surface area contributed by atoms with Gasteiger partial charge >= 0.3 is 5.97 Å². The zero-order chi connectivity index (χ0) is 14.5. The molecule has 0 amide bonds. The van der Waals surface area contributed by atoms with E-state index in [0.717, 1.165) is 37.9 Å². The van der Waals surface area contributed by atoms with Crippen LogP contribution in [0.25, 0.3) is 0 Å². The van der Waals surface area contributed by atoms with Crippen LogP contribution in [0.2, 0.25) is 0 Å². The smallest absolute Gasteiger partial charge is 0.306 e. The van der Waals surface area contributed by atoms with Gasteiger partial charge in [-0.1, -0.05) is 19.1 Å². The van der Waals surface area contributed by atoms with Crippen molar-refractivity contribution in [2.45, 2.75) is 39.0 Å². The number of hydrogen-bond acceptors (Lipinski definition) is 2. The Hall–Kier alpha value is -1.51. The molecule has 0 radical (unpaired) electrons. The highest BCUT2D eigenvalue weighted by molar-refractivity contribution is 5.70. The Morgan fingerprint density at radius 1 is 1.30 bits per heavy atom. The fraction of sp³-hybridized carbons (Fsp3) is 0.588. The van der Waals surface area contributed by atoms with E-state index in [1.54, 1.807) is 7.11 Å². The molecule has 0 heterocycles. The van der Waals surface area contributed by atoms with Crippen molar-refractivity contribution in [3.05, 3.63) is 29.8 Å². The van der Waals surface area contributed by atoms with Crippen molar-refractivity contribution in [3.63, 3.8) is 0 Å². The number of methoxy groups -OCH3 is 1. The van der Waals surface area contributed by atoms with Crippen LogP contribution >= 0.6 is 0 Å². The maximum absolute atomic E-state index is 11.3. The quantitative estimate of drug-likeness (QED) is 0.890. The summed E-state index contributed by atoms with van der Waals surface area (Å²) >= 11 is 0. The van der Waals surface area contributed by atoms with Crippen molar-refractivity contribution in [2.75, 3.05) is 7.11 Å². The molecule has 110 valence electrons. The fourth-order valence-electron chi connectivity index (χ4n) is 3.29. The molecule has 1 saturated carbocycles. The minimum atomic E-state index is -0.614. The molecule has 0 aliphatic heterocycles. The van der Waals surface area contributed by atoms with Crippen molar-refractivity contribution in [1.29, 1.82) is 0 Å². The Morgan fingerprint density at radius 2 is 2.00 bits per heavy atom. The van der Waals surface area contributed by atoms with E-state index in [2.05, 4.69) is 19.1 Å². The molecule has 1 aliphatic carbocycles. The van der Waals surface area contributed by atoms with Crippen LogP contribution in [0.5, 0.6) is 5.75 Å². The number of hydrogen-bond donors (Lipinski definition) is 1. The highest BCUT2D eigenvalue weighted by atomic mass is 16.5. The van der Waals surface area contributed by atoms with Crippen LogP contribution in [0.1, 0.15) is 38.2 Å². The van der Waals surface area contributed by atoms with E-state index in [4.69, 9.17) is 4.74 Å². The first-order valence-corrected chi connectivity index (χ1v) is 7.46. The van der Waals surface area contributed by atoms with Crippen molar-refractivity contribution in [2.24, 2.45) is 17.8 Å². The van der Waals surface area contributed by atoms with Crippen LogP contribution in [0.3, 0.4) is 0 Å². The molecule has 3 nitrogen and oxygen atoms in total. The second-order valence-corrected chi connectivity index (χ2v) is 6.01. The van der Waals surface area contributed by atoms with E-state index in [9.17, 15) is 9.90 Å². The average Bonchev–Trinajstić information content (AvgIpc) is 2.45. The molecule has 1 N–H and O–H groups in total. The normalized spacial score (nSPS) is 26.2. The lowest BCUT2D eigenvalue weighted by atomic mass is 9.72. The first kappa shape index (κ1) is 14.9. The van der Waals surface area contributed by atoms with Gasteiger partial charge in [-0.2, -0.15) is 0 Å². The van der Waals surface area contributed by atoms with E-state index < -0.39 is 5.97 Å². The molecule has 20 heavy (non-hydrogen) atoms. The van der Waals surface area contributed by atoms with Gasteiger partial charge in [0.25, 0.3) is 0 Å². The highest BCUT2D eigenvalue weighted by Crippen LogP contribution is 2.36. The third kappa shape index (κ3) is 3.75. The average molecular weight is 276 g/mol. The molecule has 0 bridgehead atoms. The van der Waals surface area contributed by atoms with Gasteiger partial charge in [0.05, 0.1) is 13.0 Å². The first-order chi connectivity index (χ1) is 9.60. The maximum atomic E-state index is 11.3. The Bertz CT molecular complexity index is 438. The van der Waals surface area contributed by atoms with E-state index >= 15 is 0 Å². The third-order valence-corrected chi connectivity index (χ3v) is 4.52. The summed E-state index contributed by atoms with van der Waals surface area (Å²) in [7, 11) is 1.66. The number of aryl methyl sites for hydroxylation is 1. The Labute approximate surface area is 121 Å². The van der Waals surface area contributed by atoms with Crippen LogP contribution in [0.15, 0.2) is 24.3 Å². The van der Waals surface area contributed by atoms with Gasteiger partial charge in [0, 0.05) is 0 Å². The van der Waals surface area contributed by atoms with Gasteiger partial charge in [0.2, 0.25) is 0 Å². The number of rotatable bonds is 5. The SMILES string of the molecule is COc1ccc(CCC2CC(C)CCC2C(=O)O)cc1. The number of aliphatic carboxylic acids is 1. The molecule has 1 aromatic carbocycles. The molecule has 1 aliphatic rings. The van der Waals surface area contributed by atoms with Crippen LogP contribution in [-0.2, 0) is 11.2 Å². The monoisotopic (exact) mass is 276 g/mol. The molecule has 2 rings (SSSR count). The summed E-state index contributed by atoms with van der Waals surface area (Å²) in [6.07, 6.45) is 4.85. The van der Waals surface area contributed by atoms with Gasteiger partial charge in [-0.05, 0) is 61.6 Å². The van der Waals surface area contributed by atoms with Gasteiger partial charge < -0.3 is 9.84 Å². The predicted molar refractivity (Wildman–Crippen MR) is 78.9 cm³/mol. The van der Waals surface area contributed by atoms with Crippen LogP contribution in [0.4, 0.5) is 0 Å². The van der Waals surface area contributed by atoms with Crippen LogP contribution in [0, 0.1) is 17.8 Å². The summed E-state index contributed by atoms with van der Waals surface area (Å²) in [4.78, 5) is 11.3. The summed E-state index contributed by atoms with van der Waals surface area (Å²) in [5.41, 5.74) is 1.26. The molecular formula is C17H24O3. The second-order valence-electron chi connectivity index (χ2n) is 6.01. The van der Waals surface area contributed by atoms with Crippen LogP contribution < -0.4 is 4.74 Å². The number of ether oxygens (including phenoxy) is 1. The fourth-order valence-corrected chi connectivity index (χ4v) is 3.29. The van der Waals surface area contributed by atoms with Gasteiger partial charge in [0.15, 0.2) is 0 Å². The second kappa shape index (κ2) is 6.78. The van der Waals surface area contributed by atoms with E-state index in [0.29, 0.717) is 11.8 Å². The van der Waals surface area contributed by atoms with Crippen molar-refractivity contribution < 1.29 is 14.6 Å². The minimum absolute atomic E-state index is 0.149. The first-order valence-electron chi connectivity index (χ1n) is 7.46. The molecule has 0 spiro atoms. The summed E-state index contributed by atoms with van der Waals surface area (Å²) in [5, 5.41) is 9.34. The van der Waals surface area contributed by atoms with Crippen molar-refractivity contribution in [1.82, 2.24) is 0 Å². The lowest BCUT2D eigenvalue weighted by Gasteiger charge is -2.32. The van der Waals surface area contributed by atoms with Gasteiger partial charge in [0.1, 0.15) is 5.75 Å². The number of benzene rings is 1. The Kier molecular flexibility index (Phi) is 5.05. The summed E-state index contributed by atoms with van der Waals surface area (Å²) in [6, 6.07) is 8.07. The highest BCUT2D eigenvalue weighted by Gasteiger charge is 2.32. The van der Waals surface area contributed by atoms with Gasteiger partial charge in [-0.15, -0.1) is 0 Å². The van der Waals surface area contributed by atoms with E-state index in [1.807, 2.05) is 12.1 Å². The summed E-state index contributed by atoms with van der Waals surface area (Å²) in [6.45, 7) is 2.23. The number of carboxylic acid groups (broad SMARTS) is 1. The standard InChI is InChI=1S/C17H24O3/c1-12-3-10-16(17(18)19)14(11-12)7-4-13-5-8-15(20-2)9-6-13/h5-6,8-9,12,14,16H,3-4,7,10-11H2,1-2H3,(H,18,19). The molecule has 3 unspecified atom stereocenters. The van der Waals surface area contributed by atoms with Crippen LogP contribution in [-0.4, -0.2) is 18.2 Å². The molecule has 1 fully saturated rings. The zero-order valence-electron chi connectivity index (χ0n) is 12.3. The maximum Gasteiger partial charge on any atom is 0.306 e. The predicted octanol–water partition coefficient (Wildman–Crippen LogP) is 3.76. The lowest BCUT2D eigenvalue weighted by molar-refractivity contribution is -0.145. The summed E-state index contributed by atoms with van der Waals surface area (Å²) < 4.78 is 5.15. The Balaban J connectivity index is 1.94. The Morgan fingerprint density at radius 3 is 2.60 bits per heavy atom. The number of carboxylic acids is 1. The molecule has 1 aromatic rings. The lowest BCUT2D eigenvalue weighted by Crippen LogP contribution is -2.30. The van der Waals surface area contributed by atoms with E-state index in [1.165, 1.54) is 5.56 Å². The molecular weight excluding hydrogens is 252 g/mol. The van der Waals surface area contributed by atoms with Gasteiger partial charge in [-0.3, -0.25) is 4.79 Å². The minimum Gasteiger partial charge on any atom is -0.497 e. The molecule has 0 aromatic heterocycles. The zero-order valence-corrected chi connectivity index (χ0v) is 12.3. The summed E-state index contributed by atoms with van der Waals surface area (Å²) in [5.74, 6) is 1.08.